The van der Waals surface area contributed by atoms with Crippen molar-refractivity contribution in [1.82, 2.24) is 9.47 Å². The van der Waals surface area contributed by atoms with Gasteiger partial charge in [0.25, 0.3) is 5.56 Å². The Morgan fingerprint density at radius 1 is 1.04 bits per heavy atom. The van der Waals surface area contributed by atoms with Gasteiger partial charge in [0, 0.05) is 49.7 Å². The Morgan fingerprint density at radius 2 is 1.72 bits per heavy atom. The zero-order valence-electron chi connectivity index (χ0n) is 29.0. The van der Waals surface area contributed by atoms with E-state index in [0.29, 0.717) is 39.9 Å². The van der Waals surface area contributed by atoms with Gasteiger partial charge < -0.3 is 25.2 Å². The molecular weight excluding hydrogens is 578 g/mol. The fourth-order valence-corrected chi connectivity index (χ4v) is 4.37. The summed E-state index contributed by atoms with van der Waals surface area (Å²) in [7, 11) is 7.50. The molecule has 246 valence electrons. The van der Waals surface area contributed by atoms with Crippen LogP contribution in [-0.4, -0.2) is 62.9 Å². The lowest BCUT2D eigenvalue weighted by atomic mass is 10.1. The summed E-state index contributed by atoms with van der Waals surface area (Å²) in [6.07, 6.45) is 2.85. The Balaban J connectivity index is 0.00000254. The average Bonchev–Trinajstić information content (AvgIpc) is 3.05. The maximum Gasteiger partial charge on any atom is 0.255 e. The summed E-state index contributed by atoms with van der Waals surface area (Å²) in [4.78, 5) is 33.8. The number of nitriles is 1. The van der Waals surface area contributed by atoms with Gasteiger partial charge in [-0.3, -0.25) is 14.2 Å². The van der Waals surface area contributed by atoms with Crippen molar-refractivity contribution in [2.24, 2.45) is 4.99 Å². The first kappa shape index (κ1) is 38.9. The number of amides is 1. The third kappa shape index (κ3) is 10.5. The minimum Gasteiger partial charge on any atom is -0.494 e. The largest absolute Gasteiger partial charge is 0.494 e. The van der Waals surface area contributed by atoms with E-state index >= 15 is 0 Å². The molecule has 0 bridgehead atoms. The molecular formula is C36H49N7O3. The number of hydrogen-bond donors (Lipinski definition) is 2. The molecule has 1 heterocycles. The van der Waals surface area contributed by atoms with Crippen molar-refractivity contribution in [3.63, 3.8) is 0 Å². The molecule has 10 nitrogen and oxygen atoms in total. The molecule has 0 radical (unpaired) electrons. The van der Waals surface area contributed by atoms with Gasteiger partial charge >= 0.3 is 0 Å². The number of benzene rings is 2. The standard InChI is InChI=1S/C32H37N7O3.2C2H6/c1-9-31(40)36-27-17-28(30(42-8)18-29(27)38(7)14-13-37(5)6)35-23(4)34-20-26-21(2)15-32(41)39(22(26)3)25-12-10-11-24(16-25)19-33;2*1-2/h9-12,15-18,20,35H,1,4,13-14H2,2-3,5-8H3,(H,36,40);2*1-2H3/b34-20-;;. The van der Waals surface area contributed by atoms with Crippen LogP contribution in [0.4, 0.5) is 17.1 Å². The van der Waals surface area contributed by atoms with Gasteiger partial charge in [-0.25, -0.2) is 4.99 Å². The topological polar surface area (TPSA) is 115 Å². The van der Waals surface area contributed by atoms with Crippen LogP contribution in [0, 0.1) is 25.2 Å². The maximum atomic E-state index is 12.9. The van der Waals surface area contributed by atoms with E-state index in [2.05, 4.69) is 39.8 Å². The Kier molecular flexibility index (Phi) is 16.3. The van der Waals surface area contributed by atoms with Crippen LogP contribution in [0.3, 0.4) is 0 Å². The molecule has 0 aliphatic rings. The Labute approximate surface area is 274 Å². The molecule has 1 aromatic heterocycles. The normalized spacial score (nSPS) is 10.1. The lowest BCUT2D eigenvalue weighted by Crippen LogP contribution is -2.29. The third-order valence-electron chi connectivity index (χ3n) is 6.63. The number of carbonyl (C=O) groups excluding carboxylic acids is 1. The van der Waals surface area contributed by atoms with Crippen molar-refractivity contribution in [2.75, 3.05) is 56.9 Å². The van der Waals surface area contributed by atoms with Crippen molar-refractivity contribution < 1.29 is 9.53 Å². The smallest absolute Gasteiger partial charge is 0.255 e. The molecule has 0 saturated heterocycles. The van der Waals surface area contributed by atoms with Gasteiger partial charge in [0.1, 0.15) is 11.6 Å². The summed E-state index contributed by atoms with van der Waals surface area (Å²) in [6, 6.07) is 14.1. The van der Waals surface area contributed by atoms with Crippen LogP contribution in [0.1, 0.15) is 50.1 Å². The highest BCUT2D eigenvalue weighted by Crippen LogP contribution is 2.37. The quantitative estimate of drug-likeness (QED) is 0.174. The number of ether oxygens (including phenoxy) is 1. The van der Waals surface area contributed by atoms with Gasteiger partial charge in [-0.2, -0.15) is 5.26 Å². The number of aliphatic imine (C=N–C) groups is 1. The average molecular weight is 628 g/mol. The van der Waals surface area contributed by atoms with Crippen LogP contribution in [0.2, 0.25) is 0 Å². The predicted molar refractivity (Wildman–Crippen MR) is 193 cm³/mol. The number of carbonyl (C=O) groups is 1. The second-order valence-electron chi connectivity index (χ2n) is 9.98. The van der Waals surface area contributed by atoms with E-state index < -0.39 is 0 Å². The first-order valence-corrected chi connectivity index (χ1v) is 15.2. The fraction of sp³-hybridized carbons (Fsp3) is 0.333. The molecule has 3 aromatic rings. The number of anilines is 3. The van der Waals surface area contributed by atoms with Crippen molar-refractivity contribution in [1.29, 1.82) is 5.26 Å². The molecule has 46 heavy (non-hydrogen) atoms. The number of methoxy groups -OCH3 is 1. The van der Waals surface area contributed by atoms with Crippen molar-refractivity contribution in [2.45, 2.75) is 41.5 Å². The summed E-state index contributed by atoms with van der Waals surface area (Å²) in [5.41, 5.74) is 4.90. The molecule has 0 spiro atoms. The Hall–Kier alpha value is -5.14. The number of nitrogens with zero attached hydrogens (tertiary/aromatic N) is 5. The van der Waals surface area contributed by atoms with E-state index in [4.69, 9.17) is 4.74 Å². The number of aryl methyl sites for hydroxylation is 1. The van der Waals surface area contributed by atoms with Gasteiger partial charge in [-0.15, -0.1) is 0 Å². The molecule has 10 heteroatoms. The zero-order chi connectivity index (χ0) is 35.0. The number of likely N-dealkylation sites (N-methyl/N-ethyl adjacent to an activating group) is 2. The second kappa shape index (κ2) is 19.3. The van der Waals surface area contributed by atoms with Crippen LogP contribution in [-0.2, 0) is 4.79 Å². The molecule has 0 saturated carbocycles. The monoisotopic (exact) mass is 627 g/mol. The van der Waals surface area contributed by atoms with E-state index in [1.54, 1.807) is 48.2 Å². The highest BCUT2D eigenvalue weighted by molar-refractivity contribution is 6.02. The number of nitrogens with one attached hydrogen (secondary N) is 2. The summed E-state index contributed by atoms with van der Waals surface area (Å²) in [5, 5.41) is 15.3. The number of pyridine rings is 1. The minimum absolute atomic E-state index is 0.205. The van der Waals surface area contributed by atoms with Crippen LogP contribution in [0.15, 0.2) is 77.3 Å². The molecule has 2 aromatic carbocycles. The van der Waals surface area contributed by atoms with Crippen molar-refractivity contribution >= 4 is 29.2 Å². The maximum absolute atomic E-state index is 12.9. The van der Waals surface area contributed by atoms with Crippen molar-refractivity contribution in [3.8, 4) is 17.5 Å². The second-order valence-corrected chi connectivity index (χ2v) is 9.98. The molecule has 3 rings (SSSR count). The van der Waals surface area contributed by atoms with Crippen LogP contribution >= 0.6 is 0 Å². The highest BCUT2D eigenvalue weighted by atomic mass is 16.5. The number of aromatic nitrogens is 1. The fourth-order valence-electron chi connectivity index (χ4n) is 4.37. The SMILES string of the molecule is C=CC(=O)Nc1cc(NC(=C)/N=C\c2c(C)cc(=O)n(-c3cccc(C#N)c3)c2C)c(OC)cc1N(C)CCN(C)C.CC.CC. The number of hydrogen-bond acceptors (Lipinski definition) is 8. The van der Waals surface area contributed by atoms with E-state index in [9.17, 15) is 14.9 Å². The molecule has 0 fully saturated rings. The Bertz CT molecular complexity index is 1630. The van der Waals surface area contributed by atoms with Crippen LogP contribution in [0.25, 0.3) is 5.69 Å². The molecule has 2 N–H and O–H groups in total. The molecule has 0 aliphatic heterocycles. The van der Waals surface area contributed by atoms with Crippen LogP contribution < -0.4 is 25.8 Å². The lowest BCUT2D eigenvalue weighted by molar-refractivity contribution is -0.111. The first-order chi connectivity index (χ1) is 22.0. The van der Waals surface area contributed by atoms with Gasteiger partial charge in [0.05, 0.1) is 41.5 Å². The van der Waals surface area contributed by atoms with Gasteiger partial charge in [0.2, 0.25) is 5.91 Å². The first-order valence-electron chi connectivity index (χ1n) is 15.2. The summed E-state index contributed by atoms with van der Waals surface area (Å²) in [6.45, 7) is 20.8. The van der Waals surface area contributed by atoms with Gasteiger partial charge in [-0.05, 0) is 63.8 Å². The summed E-state index contributed by atoms with van der Waals surface area (Å²) in [5.74, 6) is 0.505. The molecule has 0 unspecified atom stereocenters. The Morgan fingerprint density at radius 3 is 2.30 bits per heavy atom. The zero-order valence-corrected chi connectivity index (χ0v) is 29.0. The predicted octanol–water partition coefficient (Wildman–Crippen LogP) is 6.51. The van der Waals surface area contributed by atoms with Gasteiger partial charge in [0.15, 0.2) is 0 Å². The van der Waals surface area contributed by atoms with E-state index in [1.165, 1.54) is 12.1 Å². The molecule has 0 aliphatic carbocycles. The van der Waals surface area contributed by atoms with Crippen molar-refractivity contribution in [3.05, 3.63) is 100 Å². The van der Waals surface area contributed by atoms with E-state index in [1.807, 2.05) is 73.7 Å². The minimum atomic E-state index is -0.341. The van der Waals surface area contributed by atoms with Crippen LogP contribution in [0.5, 0.6) is 5.75 Å². The van der Waals surface area contributed by atoms with E-state index in [0.717, 1.165) is 29.9 Å². The lowest BCUT2D eigenvalue weighted by Gasteiger charge is -2.26. The summed E-state index contributed by atoms with van der Waals surface area (Å²) >= 11 is 0. The molecule has 1 amide bonds. The van der Waals surface area contributed by atoms with Gasteiger partial charge in [-0.1, -0.05) is 46.9 Å². The highest BCUT2D eigenvalue weighted by Gasteiger charge is 2.16. The third-order valence-corrected chi connectivity index (χ3v) is 6.63. The number of rotatable bonds is 12. The summed E-state index contributed by atoms with van der Waals surface area (Å²) < 4.78 is 7.21. The molecule has 0 atom stereocenters. The van der Waals surface area contributed by atoms with E-state index in [-0.39, 0.29) is 11.5 Å².